The Hall–Kier alpha value is -3.52. The maximum absolute atomic E-state index is 13.5. The standard InChI is InChI=1S/C31H32ClN3O4/c1-30(2)28(31(3,4)29(30)39-22-10-12-25(33-5)24(32)14-22)35-17-21-13-19(9-11-23(21)27(35)38)7-6-8-20-15-34(16-20)18-26(36)37/h9-14,20,28-29H,8,15-18H2,1-4H3,(H,36,37). The van der Waals surface area contributed by atoms with E-state index in [9.17, 15) is 9.59 Å². The lowest BCUT2D eigenvalue weighted by Gasteiger charge is -2.65. The molecule has 2 aliphatic heterocycles. The lowest BCUT2D eigenvalue weighted by atomic mass is 9.49. The van der Waals surface area contributed by atoms with E-state index in [-0.39, 0.29) is 35.4 Å². The van der Waals surface area contributed by atoms with Crippen LogP contribution in [0.1, 0.15) is 55.6 Å². The molecule has 0 unspecified atom stereocenters. The molecule has 0 aromatic heterocycles. The van der Waals surface area contributed by atoms with Crippen molar-refractivity contribution in [1.82, 2.24) is 9.80 Å². The minimum absolute atomic E-state index is 0.0326. The molecule has 2 fully saturated rings. The van der Waals surface area contributed by atoms with Crippen molar-refractivity contribution in [1.29, 1.82) is 0 Å². The highest BCUT2D eigenvalue weighted by Gasteiger charge is 2.66. The zero-order valence-electron chi connectivity index (χ0n) is 22.6. The number of carboxylic acids is 1. The minimum Gasteiger partial charge on any atom is -0.489 e. The van der Waals surface area contributed by atoms with E-state index in [1.807, 2.05) is 28.0 Å². The number of benzene rings is 2. The van der Waals surface area contributed by atoms with Crippen LogP contribution in [0.25, 0.3) is 4.85 Å². The Morgan fingerprint density at radius 2 is 1.90 bits per heavy atom. The van der Waals surface area contributed by atoms with Gasteiger partial charge in [-0.1, -0.05) is 57.2 Å². The normalized spacial score (nSPS) is 23.1. The molecule has 8 heteroatoms. The van der Waals surface area contributed by atoms with E-state index in [1.165, 1.54) is 0 Å². The first-order chi connectivity index (χ1) is 18.4. The van der Waals surface area contributed by atoms with E-state index in [4.69, 9.17) is 28.0 Å². The molecule has 2 heterocycles. The summed E-state index contributed by atoms with van der Waals surface area (Å²) in [5.41, 5.74) is 2.36. The number of carboxylic acid groups (broad SMARTS) is 1. The Bertz CT molecular complexity index is 1430. The molecule has 2 aromatic rings. The molecule has 1 saturated heterocycles. The monoisotopic (exact) mass is 545 g/mol. The molecule has 2 aromatic carbocycles. The van der Waals surface area contributed by atoms with Crippen molar-refractivity contribution in [2.45, 2.75) is 52.8 Å². The van der Waals surface area contributed by atoms with Crippen molar-refractivity contribution >= 4 is 29.2 Å². The van der Waals surface area contributed by atoms with Crippen LogP contribution in [0.5, 0.6) is 5.75 Å². The van der Waals surface area contributed by atoms with Crippen molar-refractivity contribution in [3.8, 4) is 17.6 Å². The molecule has 1 saturated carbocycles. The number of hydrogen-bond acceptors (Lipinski definition) is 4. The van der Waals surface area contributed by atoms with Gasteiger partial charge in [-0.15, -0.1) is 0 Å². The Kier molecular flexibility index (Phi) is 6.87. The molecule has 0 bridgehead atoms. The van der Waals surface area contributed by atoms with Gasteiger partial charge < -0.3 is 14.7 Å². The molecule has 1 aliphatic carbocycles. The second-order valence-electron chi connectivity index (χ2n) is 12.0. The van der Waals surface area contributed by atoms with Crippen LogP contribution >= 0.6 is 11.6 Å². The number of hydrogen-bond donors (Lipinski definition) is 1. The maximum Gasteiger partial charge on any atom is 0.317 e. The lowest BCUT2D eigenvalue weighted by Crippen LogP contribution is -2.74. The first kappa shape index (κ1) is 27.1. The summed E-state index contributed by atoms with van der Waals surface area (Å²) >= 11 is 6.23. The second kappa shape index (κ2) is 9.90. The lowest BCUT2D eigenvalue weighted by molar-refractivity contribution is -0.199. The summed E-state index contributed by atoms with van der Waals surface area (Å²) < 4.78 is 6.41. The highest BCUT2D eigenvalue weighted by molar-refractivity contribution is 6.33. The van der Waals surface area contributed by atoms with Crippen LogP contribution in [0.4, 0.5) is 5.69 Å². The van der Waals surface area contributed by atoms with Crippen LogP contribution in [-0.2, 0) is 11.3 Å². The molecule has 3 aliphatic rings. The van der Waals surface area contributed by atoms with Gasteiger partial charge in [0.05, 0.1) is 18.1 Å². The van der Waals surface area contributed by atoms with E-state index >= 15 is 0 Å². The maximum atomic E-state index is 13.5. The molecule has 0 atom stereocenters. The fraction of sp³-hybridized carbons (Fsp3) is 0.452. The van der Waals surface area contributed by atoms with E-state index in [0.29, 0.717) is 28.9 Å². The van der Waals surface area contributed by atoms with Crippen LogP contribution in [0.15, 0.2) is 36.4 Å². The van der Waals surface area contributed by atoms with Crippen molar-refractivity contribution in [2.24, 2.45) is 16.7 Å². The molecule has 0 radical (unpaired) electrons. The van der Waals surface area contributed by atoms with E-state index in [2.05, 4.69) is 44.4 Å². The molecule has 0 spiro atoms. The van der Waals surface area contributed by atoms with Crippen molar-refractivity contribution in [3.63, 3.8) is 0 Å². The molecule has 202 valence electrons. The Morgan fingerprint density at radius 1 is 1.18 bits per heavy atom. The third-order valence-electron chi connectivity index (χ3n) is 8.32. The summed E-state index contributed by atoms with van der Waals surface area (Å²) in [5.74, 6) is 6.73. The van der Waals surface area contributed by atoms with Crippen LogP contribution in [0.3, 0.4) is 0 Å². The SMILES string of the molecule is [C-]#[N+]c1ccc(OC2C(C)(C)C(N3Cc4cc(C#CCC5CN(CC(=O)O)C5)ccc4C3=O)C2(C)C)cc1Cl. The van der Waals surface area contributed by atoms with Gasteiger partial charge in [0.15, 0.2) is 0 Å². The number of ether oxygens (including phenoxy) is 1. The summed E-state index contributed by atoms with van der Waals surface area (Å²) in [7, 11) is 0. The number of nitrogens with zero attached hydrogens (tertiary/aromatic N) is 3. The predicted octanol–water partition coefficient (Wildman–Crippen LogP) is 5.49. The second-order valence-corrected chi connectivity index (χ2v) is 12.4. The Balaban J connectivity index is 1.25. The largest absolute Gasteiger partial charge is 0.489 e. The summed E-state index contributed by atoms with van der Waals surface area (Å²) in [5, 5.41) is 9.23. The Morgan fingerprint density at radius 3 is 2.54 bits per heavy atom. The summed E-state index contributed by atoms with van der Waals surface area (Å²) in [6.45, 7) is 17.9. The molecule has 39 heavy (non-hydrogen) atoms. The number of rotatable bonds is 6. The number of halogens is 1. The molecular formula is C31H32ClN3O4. The van der Waals surface area contributed by atoms with Crippen LogP contribution in [0.2, 0.25) is 5.02 Å². The van der Waals surface area contributed by atoms with E-state index in [0.717, 1.165) is 36.2 Å². The number of amides is 1. The third-order valence-corrected chi connectivity index (χ3v) is 8.62. The molecule has 5 rings (SSSR count). The van der Waals surface area contributed by atoms with Crippen molar-refractivity contribution < 1.29 is 19.4 Å². The van der Waals surface area contributed by atoms with E-state index in [1.54, 1.807) is 18.2 Å². The van der Waals surface area contributed by atoms with Crippen LogP contribution in [-0.4, -0.2) is 58.6 Å². The first-order valence-corrected chi connectivity index (χ1v) is 13.5. The van der Waals surface area contributed by atoms with Gasteiger partial charge in [-0.05, 0) is 41.8 Å². The molecule has 1 N–H and O–H groups in total. The number of carbonyl (C=O) groups excluding carboxylic acids is 1. The fourth-order valence-corrected chi connectivity index (χ4v) is 7.27. The summed E-state index contributed by atoms with van der Waals surface area (Å²) in [4.78, 5) is 31.6. The molecule has 7 nitrogen and oxygen atoms in total. The zero-order chi connectivity index (χ0) is 28.1. The van der Waals surface area contributed by atoms with Gasteiger partial charge in [0.1, 0.15) is 11.9 Å². The minimum atomic E-state index is -0.796. The predicted molar refractivity (Wildman–Crippen MR) is 149 cm³/mol. The highest BCUT2D eigenvalue weighted by Crippen LogP contribution is 2.59. The van der Waals surface area contributed by atoms with Gasteiger partial charge in [0.2, 0.25) is 5.69 Å². The van der Waals surface area contributed by atoms with Gasteiger partial charge in [-0.2, -0.15) is 0 Å². The van der Waals surface area contributed by atoms with Crippen molar-refractivity contribution in [2.75, 3.05) is 19.6 Å². The van der Waals surface area contributed by atoms with Gasteiger partial charge >= 0.3 is 5.97 Å². The Labute approximate surface area is 234 Å². The number of likely N-dealkylation sites (tertiary alicyclic amines) is 1. The topological polar surface area (TPSA) is 74.4 Å². The number of carbonyl (C=O) groups is 2. The van der Waals surface area contributed by atoms with Crippen molar-refractivity contribution in [3.05, 3.63) is 69.5 Å². The van der Waals surface area contributed by atoms with Crippen LogP contribution < -0.4 is 4.74 Å². The average Bonchev–Trinajstić information content (AvgIpc) is 3.14. The average molecular weight is 546 g/mol. The smallest absolute Gasteiger partial charge is 0.317 e. The first-order valence-electron chi connectivity index (χ1n) is 13.1. The summed E-state index contributed by atoms with van der Waals surface area (Å²) in [6.07, 6.45) is 0.580. The summed E-state index contributed by atoms with van der Waals surface area (Å²) in [6, 6.07) is 10.9. The quantitative estimate of drug-likeness (QED) is 0.384. The van der Waals surface area contributed by atoms with E-state index < -0.39 is 5.97 Å². The van der Waals surface area contributed by atoms with Crippen LogP contribution in [0, 0.1) is 35.2 Å². The number of fused-ring (bicyclic) bond motifs is 1. The third kappa shape index (κ3) is 4.86. The fourth-order valence-electron chi connectivity index (χ4n) is 7.06. The van der Waals surface area contributed by atoms with Gasteiger partial charge in [0, 0.05) is 54.1 Å². The zero-order valence-corrected chi connectivity index (χ0v) is 23.4. The highest BCUT2D eigenvalue weighted by atomic mass is 35.5. The molecule has 1 amide bonds. The van der Waals surface area contributed by atoms with Gasteiger partial charge in [0.25, 0.3) is 5.91 Å². The number of aliphatic carboxylic acids is 1. The van der Waals surface area contributed by atoms with Gasteiger partial charge in [-0.25, -0.2) is 4.85 Å². The van der Waals surface area contributed by atoms with Gasteiger partial charge in [-0.3, -0.25) is 14.5 Å². The molecular weight excluding hydrogens is 514 g/mol.